The predicted octanol–water partition coefficient (Wildman–Crippen LogP) is 4.58. The number of benzene rings is 1. The molecule has 0 bridgehead atoms. The normalized spacial score (nSPS) is 18.5. The van der Waals surface area contributed by atoms with Crippen molar-refractivity contribution in [2.75, 3.05) is 12.3 Å². The van der Waals surface area contributed by atoms with Crippen molar-refractivity contribution >= 4 is 11.8 Å². The topological polar surface area (TPSA) is 12.0 Å². The Bertz CT molecular complexity index is 372. The van der Waals surface area contributed by atoms with Gasteiger partial charge in [-0.1, -0.05) is 39.0 Å². The van der Waals surface area contributed by atoms with Crippen LogP contribution in [0.25, 0.3) is 0 Å². The number of hydrogen-bond donors (Lipinski definition) is 1. The molecule has 1 atom stereocenters. The highest BCUT2D eigenvalue weighted by Gasteiger charge is 2.30. The molecule has 19 heavy (non-hydrogen) atoms. The first kappa shape index (κ1) is 14.9. The SMILES string of the molecule is CC(C)C(C)(CCSc1ccccc1)CNC1CC1. The van der Waals surface area contributed by atoms with Gasteiger partial charge in [-0.2, -0.15) is 0 Å². The van der Waals surface area contributed by atoms with Gasteiger partial charge < -0.3 is 5.32 Å². The van der Waals surface area contributed by atoms with Crippen LogP contribution in [-0.2, 0) is 0 Å². The summed E-state index contributed by atoms with van der Waals surface area (Å²) in [6, 6.07) is 11.6. The second kappa shape index (κ2) is 6.81. The standard InChI is InChI=1S/C17H27NS/c1-14(2)17(3,13-18-15-9-10-15)11-12-19-16-7-5-4-6-8-16/h4-8,14-15,18H,9-13H2,1-3H3. The molecule has 2 heteroatoms. The molecule has 1 aliphatic rings. The Morgan fingerprint density at radius 2 is 1.95 bits per heavy atom. The van der Waals surface area contributed by atoms with Gasteiger partial charge in [0.1, 0.15) is 0 Å². The molecule has 1 saturated carbocycles. The zero-order valence-electron chi connectivity index (χ0n) is 12.5. The molecule has 1 aromatic rings. The molecule has 0 radical (unpaired) electrons. The van der Waals surface area contributed by atoms with E-state index in [0.29, 0.717) is 5.41 Å². The van der Waals surface area contributed by atoms with Crippen LogP contribution in [0.4, 0.5) is 0 Å². The van der Waals surface area contributed by atoms with Crippen molar-refractivity contribution in [1.29, 1.82) is 0 Å². The zero-order valence-corrected chi connectivity index (χ0v) is 13.3. The molecule has 1 N–H and O–H groups in total. The Hall–Kier alpha value is -0.470. The van der Waals surface area contributed by atoms with Crippen molar-refractivity contribution < 1.29 is 0 Å². The molecule has 106 valence electrons. The minimum absolute atomic E-state index is 0.421. The molecule has 0 spiro atoms. The monoisotopic (exact) mass is 277 g/mol. The maximum atomic E-state index is 3.72. The van der Waals surface area contributed by atoms with Crippen LogP contribution < -0.4 is 5.32 Å². The summed E-state index contributed by atoms with van der Waals surface area (Å²) in [5, 5.41) is 3.72. The summed E-state index contributed by atoms with van der Waals surface area (Å²) in [5.74, 6) is 1.94. The number of hydrogen-bond acceptors (Lipinski definition) is 2. The predicted molar refractivity (Wildman–Crippen MR) is 85.8 cm³/mol. The number of nitrogens with one attached hydrogen (secondary N) is 1. The Kier molecular flexibility index (Phi) is 5.35. The molecule has 0 aliphatic heterocycles. The van der Waals surface area contributed by atoms with Crippen molar-refractivity contribution in [2.45, 2.75) is 51.0 Å². The minimum atomic E-state index is 0.421. The summed E-state index contributed by atoms with van der Waals surface area (Å²) >= 11 is 1.99. The zero-order chi connectivity index (χ0) is 13.7. The van der Waals surface area contributed by atoms with Crippen LogP contribution in [0, 0.1) is 11.3 Å². The number of rotatable bonds is 8. The van der Waals surface area contributed by atoms with Crippen molar-refractivity contribution in [1.82, 2.24) is 5.32 Å². The van der Waals surface area contributed by atoms with Gasteiger partial charge in [-0.15, -0.1) is 11.8 Å². The van der Waals surface area contributed by atoms with Crippen LogP contribution in [0.15, 0.2) is 35.2 Å². The van der Waals surface area contributed by atoms with Crippen molar-refractivity contribution in [3.05, 3.63) is 30.3 Å². The fourth-order valence-corrected chi connectivity index (χ4v) is 3.32. The average molecular weight is 277 g/mol. The van der Waals surface area contributed by atoms with Crippen LogP contribution in [0.3, 0.4) is 0 Å². The van der Waals surface area contributed by atoms with E-state index < -0.39 is 0 Å². The van der Waals surface area contributed by atoms with Crippen LogP contribution in [0.5, 0.6) is 0 Å². The summed E-state index contributed by atoms with van der Waals surface area (Å²) in [6.07, 6.45) is 4.05. The number of thioether (sulfide) groups is 1. The maximum absolute atomic E-state index is 3.72. The lowest BCUT2D eigenvalue weighted by Crippen LogP contribution is -2.37. The molecule has 1 nitrogen and oxygen atoms in total. The minimum Gasteiger partial charge on any atom is -0.313 e. The molecule has 1 fully saturated rings. The average Bonchev–Trinajstić information content (AvgIpc) is 3.21. The summed E-state index contributed by atoms with van der Waals surface area (Å²) in [4.78, 5) is 1.39. The first-order valence-corrected chi connectivity index (χ1v) is 8.50. The molecule has 0 heterocycles. The van der Waals surface area contributed by atoms with Crippen LogP contribution in [-0.4, -0.2) is 18.3 Å². The first-order chi connectivity index (χ1) is 9.10. The van der Waals surface area contributed by atoms with E-state index in [1.54, 1.807) is 0 Å². The molecule has 0 aromatic heterocycles. The van der Waals surface area contributed by atoms with Crippen LogP contribution in [0.1, 0.15) is 40.0 Å². The van der Waals surface area contributed by atoms with Crippen LogP contribution in [0.2, 0.25) is 0 Å². The van der Waals surface area contributed by atoms with Gasteiger partial charge in [0.05, 0.1) is 0 Å². The van der Waals surface area contributed by atoms with Crippen molar-refractivity contribution in [3.8, 4) is 0 Å². The third kappa shape index (κ3) is 4.85. The Labute approximate surface area is 122 Å². The van der Waals surface area contributed by atoms with Gasteiger partial charge >= 0.3 is 0 Å². The lowest BCUT2D eigenvalue weighted by Gasteiger charge is -2.34. The van der Waals surface area contributed by atoms with Gasteiger partial charge in [0, 0.05) is 17.5 Å². The van der Waals surface area contributed by atoms with E-state index in [9.17, 15) is 0 Å². The van der Waals surface area contributed by atoms with E-state index in [-0.39, 0.29) is 0 Å². The Balaban J connectivity index is 1.78. The van der Waals surface area contributed by atoms with E-state index in [4.69, 9.17) is 0 Å². The van der Waals surface area contributed by atoms with E-state index in [1.807, 2.05) is 11.8 Å². The summed E-state index contributed by atoms with van der Waals surface area (Å²) in [6.45, 7) is 8.34. The molecule has 0 amide bonds. The molecular formula is C17H27NS. The molecule has 1 unspecified atom stereocenters. The van der Waals surface area contributed by atoms with Gasteiger partial charge in [0.15, 0.2) is 0 Å². The molecule has 1 aromatic carbocycles. The second-order valence-electron chi connectivity index (χ2n) is 6.38. The second-order valence-corrected chi connectivity index (χ2v) is 7.54. The van der Waals surface area contributed by atoms with Crippen molar-refractivity contribution in [2.24, 2.45) is 11.3 Å². The summed E-state index contributed by atoms with van der Waals surface area (Å²) in [7, 11) is 0. The van der Waals surface area contributed by atoms with E-state index in [1.165, 1.54) is 36.5 Å². The summed E-state index contributed by atoms with van der Waals surface area (Å²) in [5.41, 5.74) is 0.421. The van der Waals surface area contributed by atoms with Gasteiger partial charge in [0.25, 0.3) is 0 Å². The Morgan fingerprint density at radius 1 is 1.26 bits per heavy atom. The molecule has 0 saturated heterocycles. The fraction of sp³-hybridized carbons (Fsp3) is 0.647. The first-order valence-electron chi connectivity index (χ1n) is 7.51. The van der Waals surface area contributed by atoms with E-state index in [0.717, 1.165) is 12.0 Å². The fourth-order valence-electron chi connectivity index (χ4n) is 2.16. The lowest BCUT2D eigenvalue weighted by atomic mass is 9.77. The Morgan fingerprint density at radius 3 is 2.53 bits per heavy atom. The quantitative estimate of drug-likeness (QED) is 0.698. The molecular weight excluding hydrogens is 250 g/mol. The smallest absolute Gasteiger partial charge is 0.00719 e. The molecule has 1 aliphatic carbocycles. The highest BCUT2D eigenvalue weighted by Crippen LogP contribution is 2.34. The third-order valence-electron chi connectivity index (χ3n) is 4.45. The van der Waals surface area contributed by atoms with Gasteiger partial charge in [-0.25, -0.2) is 0 Å². The van der Waals surface area contributed by atoms with E-state index >= 15 is 0 Å². The summed E-state index contributed by atoms with van der Waals surface area (Å²) < 4.78 is 0. The van der Waals surface area contributed by atoms with E-state index in [2.05, 4.69) is 56.4 Å². The highest BCUT2D eigenvalue weighted by molar-refractivity contribution is 7.99. The van der Waals surface area contributed by atoms with Gasteiger partial charge in [-0.3, -0.25) is 0 Å². The largest absolute Gasteiger partial charge is 0.313 e. The van der Waals surface area contributed by atoms with Crippen molar-refractivity contribution in [3.63, 3.8) is 0 Å². The highest BCUT2D eigenvalue weighted by atomic mass is 32.2. The van der Waals surface area contributed by atoms with Crippen LogP contribution >= 0.6 is 11.8 Å². The third-order valence-corrected chi connectivity index (χ3v) is 5.46. The van der Waals surface area contributed by atoms with Gasteiger partial charge in [-0.05, 0) is 48.5 Å². The molecule has 2 rings (SSSR count). The lowest BCUT2D eigenvalue weighted by molar-refractivity contribution is 0.201. The van der Waals surface area contributed by atoms with Gasteiger partial charge in [0.2, 0.25) is 0 Å². The maximum Gasteiger partial charge on any atom is 0.00719 e.